The zero-order valence-electron chi connectivity index (χ0n) is 20.5. The van der Waals surface area contributed by atoms with Gasteiger partial charge in [-0.25, -0.2) is 4.39 Å². The van der Waals surface area contributed by atoms with Gasteiger partial charge in [0.2, 0.25) is 0 Å². The van der Waals surface area contributed by atoms with Crippen molar-refractivity contribution in [2.75, 3.05) is 37.7 Å². The number of nitriles is 1. The molecule has 1 heterocycles. The topological polar surface area (TPSA) is 65.8 Å². The van der Waals surface area contributed by atoms with Gasteiger partial charge >= 0.3 is 0 Å². The summed E-state index contributed by atoms with van der Waals surface area (Å²) in [6, 6.07) is 21.4. The Balaban J connectivity index is 1.48. The van der Waals surface area contributed by atoms with E-state index in [2.05, 4.69) is 4.90 Å². The maximum Gasteiger partial charge on any atom is 0.264 e. The summed E-state index contributed by atoms with van der Waals surface area (Å²) in [5, 5.41) is 10.0. The molecule has 0 unspecified atom stereocenters. The van der Waals surface area contributed by atoms with Gasteiger partial charge in [-0.3, -0.25) is 4.79 Å². The number of halogens is 2. The van der Waals surface area contributed by atoms with Gasteiger partial charge in [-0.05, 0) is 60.5 Å². The first-order valence-corrected chi connectivity index (χ1v) is 12.4. The van der Waals surface area contributed by atoms with Crippen LogP contribution in [0.3, 0.4) is 0 Å². The Hall–Kier alpha value is -4.02. The summed E-state index contributed by atoms with van der Waals surface area (Å²) in [6.07, 6.45) is 1.52. The van der Waals surface area contributed by atoms with Crippen molar-refractivity contribution in [3.63, 3.8) is 0 Å². The fourth-order valence-electron chi connectivity index (χ4n) is 4.10. The molecule has 0 saturated carbocycles. The molecule has 0 radical (unpaired) electrons. The van der Waals surface area contributed by atoms with Gasteiger partial charge in [0.25, 0.3) is 5.91 Å². The number of carbonyl (C=O) groups excluding carboxylic acids is 1. The van der Waals surface area contributed by atoms with E-state index < -0.39 is 0 Å². The minimum absolute atomic E-state index is 0.0201. The zero-order chi connectivity index (χ0) is 26.2. The molecule has 1 aliphatic heterocycles. The SMILES string of the molecule is CCOc1cc(/C=C(/C#N)C(=O)N2CCN(c3ccccc3)CC2)cc(Cl)c1OCc1ccc(F)cc1. The predicted octanol–water partition coefficient (Wildman–Crippen LogP) is 5.71. The number of hydrogen-bond acceptors (Lipinski definition) is 5. The van der Waals surface area contributed by atoms with Crippen LogP contribution >= 0.6 is 11.6 Å². The van der Waals surface area contributed by atoms with Crippen LogP contribution in [-0.4, -0.2) is 43.6 Å². The number of para-hydroxylation sites is 1. The Morgan fingerprint density at radius 3 is 2.41 bits per heavy atom. The molecule has 8 heteroatoms. The number of hydrogen-bond donors (Lipinski definition) is 0. The van der Waals surface area contributed by atoms with E-state index in [4.69, 9.17) is 21.1 Å². The van der Waals surface area contributed by atoms with E-state index in [0.29, 0.717) is 49.8 Å². The summed E-state index contributed by atoms with van der Waals surface area (Å²) in [7, 11) is 0. The Kier molecular flexibility index (Phi) is 8.65. The monoisotopic (exact) mass is 519 g/mol. The molecule has 1 amide bonds. The summed E-state index contributed by atoms with van der Waals surface area (Å²) < 4.78 is 24.8. The minimum Gasteiger partial charge on any atom is -0.490 e. The van der Waals surface area contributed by atoms with E-state index in [9.17, 15) is 14.4 Å². The molecule has 6 nitrogen and oxygen atoms in total. The summed E-state index contributed by atoms with van der Waals surface area (Å²) >= 11 is 6.51. The van der Waals surface area contributed by atoms with Crippen molar-refractivity contribution in [2.24, 2.45) is 0 Å². The Bertz CT molecular complexity index is 1300. The van der Waals surface area contributed by atoms with Crippen molar-refractivity contribution in [1.82, 2.24) is 4.90 Å². The fourth-order valence-corrected chi connectivity index (χ4v) is 4.37. The molecule has 0 spiro atoms. The summed E-state index contributed by atoms with van der Waals surface area (Å²) in [4.78, 5) is 17.0. The first-order valence-electron chi connectivity index (χ1n) is 12.0. The van der Waals surface area contributed by atoms with Crippen LogP contribution in [0.4, 0.5) is 10.1 Å². The van der Waals surface area contributed by atoms with Crippen LogP contribution in [0.1, 0.15) is 18.1 Å². The standard InChI is InChI=1S/C29H27ClFN3O3/c1-2-36-27-18-22(17-26(30)28(27)37-20-21-8-10-24(31)11-9-21)16-23(19-32)29(35)34-14-12-33(13-15-34)25-6-4-3-5-7-25/h3-11,16-18H,2,12-15,20H2,1H3/b23-16-. The number of piperazine rings is 1. The average Bonchev–Trinajstić information content (AvgIpc) is 2.92. The number of amides is 1. The number of benzene rings is 3. The number of carbonyl (C=O) groups is 1. The van der Waals surface area contributed by atoms with Gasteiger partial charge in [0.15, 0.2) is 11.5 Å². The van der Waals surface area contributed by atoms with Crippen LogP contribution in [0.2, 0.25) is 5.02 Å². The zero-order valence-corrected chi connectivity index (χ0v) is 21.2. The first kappa shape index (κ1) is 26.1. The van der Waals surface area contributed by atoms with Crippen LogP contribution in [0.25, 0.3) is 6.08 Å². The highest BCUT2D eigenvalue weighted by atomic mass is 35.5. The van der Waals surface area contributed by atoms with Crippen LogP contribution in [0, 0.1) is 17.1 Å². The third-order valence-electron chi connectivity index (χ3n) is 5.98. The second-order valence-corrected chi connectivity index (χ2v) is 8.87. The second-order valence-electron chi connectivity index (χ2n) is 8.46. The number of rotatable bonds is 8. The molecule has 0 atom stereocenters. The predicted molar refractivity (Wildman–Crippen MR) is 142 cm³/mol. The largest absolute Gasteiger partial charge is 0.490 e. The Labute approximate surface area is 221 Å². The molecule has 190 valence electrons. The van der Waals surface area contributed by atoms with Gasteiger partial charge in [-0.2, -0.15) is 5.26 Å². The summed E-state index contributed by atoms with van der Waals surface area (Å²) in [5.41, 5.74) is 2.46. The molecular weight excluding hydrogens is 493 g/mol. The van der Waals surface area contributed by atoms with Gasteiger partial charge in [0.1, 0.15) is 24.1 Å². The molecule has 1 saturated heterocycles. The van der Waals surface area contributed by atoms with E-state index in [-0.39, 0.29) is 28.9 Å². The molecule has 0 aliphatic carbocycles. The molecule has 4 rings (SSSR count). The van der Waals surface area contributed by atoms with E-state index in [1.54, 1.807) is 29.2 Å². The first-order chi connectivity index (χ1) is 18.0. The second kappa shape index (κ2) is 12.3. The van der Waals surface area contributed by atoms with Crippen LogP contribution < -0.4 is 14.4 Å². The number of ether oxygens (including phenoxy) is 2. The molecular formula is C29H27ClFN3O3. The van der Waals surface area contributed by atoms with Crippen LogP contribution in [-0.2, 0) is 11.4 Å². The highest BCUT2D eigenvalue weighted by Crippen LogP contribution is 2.38. The molecule has 0 N–H and O–H groups in total. The minimum atomic E-state index is -0.325. The molecule has 37 heavy (non-hydrogen) atoms. The van der Waals surface area contributed by atoms with Gasteiger partial charge in [-0.1, -0.05) is 41.9 Å². The Morgan fingerprint density at radius 2 is 1.76 bits per heavy atom. The quantitative estimate of drug-likeness (QED) is 0.281. The molecule has 1 fully saturated rings. The molecule has 3 aromatic carbocycles. The smallest absolute Gasteiger partial charge is 0.264 e. The van der Waals surface area contributed by atoms with E-state index >= 15 is 0 Å². The van der Waals surface area contributed by atoms with Gasteiger partial charge in [-0.15, -0.1) is 0 Å². The number of anilines is 1. The maximum atomic E-state index is 13.2. The van der Waals surface area contributed by atoms with Crippen molar-refractivity contribution >= 4 is 29.3 Å². The summed E-state index contributed by atoms with van der Waals surface area (Å²) in [6.45, 7) is 4.79. The summed E-state index contributed by atoms with van der Waals surface area (Å²) in [5.74, 6) is 0.0891. The highest BCUT2D eigenvalue weighted by Gasteiger charge is 2.24. The molecule has 1 aliphatic rings. The maximum absolute atomic E-state index is 13.2. The lowest BCUT2D eigenvalue weighted by Crippen LogP contribution is -2.49. The normalized spacial score (nSPS) is 13.7. The van der Waals surface area contributed by atoms with Crippen molar-refractivity contribution in [3.8, 4) is 17.6 Å². The molecule has 0 bridgehead atoms. The van der Waals surface area contributed by atoms with E-state index in [0.717, 1.165) is 11.3 Å². The molecule has 0 aromatic heterocycles. The van der Waals surface area contributed by atoms with E-state index in [1.165, 1.54) is 18.2 Å². The van der Waals surface area contributed by atoms with Crippen molar-refractivity contribution in [3.05, 3.63) is 94.3 Å². The lowest BCUT2D eigenvalue weighted by molar-refractivity contribution is -0.126. The van der Waals surface area contributed by atoms with Crippen molar-refractivity contribution < 1.29 is 18.7 Å². The lowest BCUT2D eigenvalue weighted by Gasteiger charge is -2.36. The number of nitrogens with zero attached hydrogens (tertiary/aromatic N) is 3. The van der Waals surface area contributed by atoms with Gasteiger partial charge in [0.05, 0.1) is 11.6 Å². The third-order valence-corrected chi connectivity index (χ3v) is 6.26. The highest BCUT2D eigenvalue weighted by molar-refractivity contribution is 6.32. The Morgan fingerprint density at radius 1 is 1.05 bits per heavy atom. The fraction of sp³-hybridized carbons (Fsp3) is 0.241. The van der Waals surface area contributed by atoms with Crippen LogP contribution in [0.5, 0.6) is 11.5 Å². The van der Waals surface area contributed by atoms with Crippen molar-refractivity contribution in [1.29, 1.82) is 5.26 Å². The van der Waals surface area contributed by atoms with Gasteiger partial charge in [0, 0.05) is 31.9 Å². The van der Waals surface area contributed by atoms with Crippen molar-refractivity contribution in [2.45, 2.75) is 13.5 Å². The van der Waals surface area contributed by atoms with E-state index in [1.807, 2.05) is 43.3 Å². The lowest BCUT2D eigenvalue weighted by atomic mass is 10.1. The van der Waals surface area contributed by atoms with Gasteiger partial charge < -0.3 is 19.3 Å². The molecule has 3 aromatic rings. The third kappa shape index (κ3) is 6.60. The average molecular weight is 520 g/mol. The van der Waals surface area contributed by atoms with Crippen LogP contribution in [0.15, 0.2) is 72.3 Å².